The van der Waals surface area contributed by atoms with Crippen LogP contribution < -0.4 is 5.73 Å². The maximum atomic E-state index is 5.66. The predicted octanol–water partition coefficient (Wildman–Crippen LogP) is 1.90. The highest BCUT2D eigenvalue weighted by atomic mass is 15.2. The number of aromatic nitrogens is 3. The third-order valence-electron chi connectivity index (χ3n) is 2.76. The number of hydrogen-bond donors (Lipinski definition) is 1. The van der Waals surface area contributed by atoms with Gasteiger partial charge >= 0.3 is 0 Å². The summed E-state index contributed by atoms with van der Waals surface area (Å²) >= 11 is 0. The van der Waals surface area contributed by atoms with Gasteiger partial charge in [-0.1, -0.05) is 12.1 Å². The summed E-state index contributed by atoms with van der Waals surface area (Å²) in [5, 5.41) is 4.14. The van der Waals surface area contributed by atoms with Gasteiger partial charge in [0, 0.05) is 18.3 Å². The van der Waals surface area contributed by atoms with Gasteiger partial charge in [-0.2, -0.15) is 5.10 Å². The summed E-state index contributed by atoms with van der Waals surface area (Å²) in [6, 6.07) is 11.9. The van der Waals surface area contributed by atoms with E-state index in [0.717, 1.165) is 23.3 Å². The summed E-state index contributed by atoms with van der Waals surface area (Å²) in [4.78, 5) is 4.33. The molecular weight excluding hydrogens is 212 g/mol. The van der Waals surface area contributed by atoms with Crippen LogP contribution in [0.25, 0.3) is 5.52 Å². The van der Waals surface area contributed by atoms with Gasteiger partial charge in [-0.15, -0.1) is 0 Å². The number of nitrogen functional groups attached to an aromatic ring is 1. The Morgan fingerprint density at radius 2 is 1.94 bits per heavy atom. The summed E-state index contributed by atoms with van der Waals surface area (Å²) < 4.78 is 1.83. The van der Waals surface area contributed by atoms with Crippen LogP contribution >= 0.6 is 0 Å². The third-order valence-corrected chi connectivity index (χ3v) is 2.76. The topological polar surface area (TPSA) is 56.2 Å². The Hall–Kier alpha value is -2.36. The second kappa shape index (κ2) is 3.90. The maximum absolute atomic E-state index is 5.66. The van der Waals surface area contributed by atoms with Crippen molar-refractivity contribution < 1.29 is 0 Å². The molecule has 2 aromatic heterocycles. The summed E-state index contributed by atoms with van der Waals surface area (Å²) in [6.45, 7) is 0. The molecule has 17 heavy (non-hydrogen) atoms. The van der Waals surface area contributed by atoms with Crippen LogP contribution in [0.5, 0.6) is 0 Å². The smallest absolute Gasteiger partial charge is 0.136 e. The van der Waals surface area contributed by atoms with Gasteiger partial charge in [0.15, 0.2) is 0 Å². The zero-order valence-corrected chi connectivity index (χ0v) is 9.24. The SMILES string of the molecule is Nc1ccc(Cc2ncnn3cccc23)cc1. The minimum Gasteiger partial charge on any atom is -0.399 e. The number of nitrogens with two attached hydrogens (primary N) is 1. The molecule has 0 saturated heterocycles. The highest BCUT2D eigenvalue weighted by Crippen LogP contribution is 2.14. The van der Waals surface area contributed by atoms with Gasteiger partial charge in [0.05, 0.1) is 11.2 Å². The molecule has 0 aliphatic carbocycles. The fourth-order valence-electron chi connectivity index (χ4n) is 1.88. The predicted molar refractivity (Wildman–Crippen MR) is 66.6 cm³/mol. The van der Waals surface area contributed by atoms with Crippen molar-refractivity contribution in [3.8, 4) is 0 Å². The van der Waals surface area contributed by atoms with E-state index >= 15 is 0 Å². The van der Waals surface area contributed by atoms with Crippen molar-refractivity contribution in [2.24, 2.45) is 0 Å². The highest BCUT2D eigenvalue weighted by Gasteiger charge is 2.04. The molecule has 1 aromatic carbocycles. The zero-order chi connectivity index (χ0) is 11.7. The standard InChI is InChI=1S/C13H12N4/c14-11-5-3-10(4-6-11)8-12-13-2-1-7-17(13)16-9-15-12/h1-7,9H,8,14H2. The quantitative estimate of drug-likeness (QED) is 0.676. The van der Waals surface area contributed by atoms with Crippen LogP contribution in [0, 0.1) is 0 Å². The van der Waals surface area contributed by atoms with Crippen molar-refractivity contribution in [3.63, 3.8) is 0 Å². The van der Waals surface area contributed by atoms with Crippen molar-refractivity contribution in [3.05, 3.63) is 60.2 Å². The number of fused-ring (bicyclic) bond motifs is 1. The van der Waals surface area contributed by atoms with E-state index in [1.165, 1.54) is 5.56 Å². The molecule has 0 saturated carbocycles. The van der Waals surface area contributed by atoms with Crippen LogP contribution in [-0.4, -0.2) is 14.6 Å². The van der Waals surface area contributed by atoms with E-state index in [-0.39, 0.29) is 0 Å². The van der Waals surface area contributed by atoms with Gasteiger partial charge in [0.2, 0.25) is 0 Å². The first-order valence-corrected chi connectivity index (χ1v) is 5.44. The molecule has 0 atom stereocenters. The average Bonchev–Trinajstić information content (AvgIpc) is 2.81. The van der Waals surface area contributed by atoms with Crippen LogP contribution in [0.15, 0.2) is 48.9 Å². The molecule has 0 radical (unpaired) electrons. The number of benzene rings is 1. The number of rotatable bonds is 2. The van der Waals surface area contributed by atoms with Gasteiger partial charge in [0.25, 0.3) is 0 Å². The second-order valence-electron chi connectivity index (χ2n) is 3.96. The third kappa shape index (κ3) is 1.85. The Morgan fingerprint density at radius 3 is 2.76 bits per heavy atom. The molecule has 2 N–H and O–H groups in total. The summed E-state index contributed by atoms with van der Waals surface area (Å²) in [5.74, 6) is 0. The van der Waals surface area contributed by atoms with E-state index < -0.39 is 0 Å². The van der Waals surface area contributed by atoms with Gasteiger partial charge in [-0.05, 0) is 29.8 Å². The fourth-order valence-corrected chi connectivity index (χ4v) is 1.88. The largest absolute Gasteiger partial charge is 0.399 e. The molecule has 3 rings (SSSR count). The molecular formula is C13H12N4. The van der Waals surface area contributed by atoms with Crippen LogP contribution in [-0.2, 0) is 6.42 Å². The number of anilines is 1. The summed E-state index contributed by atoms with van der Waals surface area (Å²) in [7, 11) is 0. The summed E-state index contributed by atoms with van der Waals surface area (Å²) in [6.07, 6.45) is 4.29. The fraction of sp³-hybridized carbons (Fsp3) is 0.0769. The first kappa shape index (κ1) is 9.84. The van der Waals surface area contributed by atoms with Gasteiger partial charge in [-0.3, -0.25) is 0 Å². The summed E-state index contributed by atoms with van der Waals surface area (Å²) in [5.41, 5.74) is 9.71. The van der Waals surface area contributed by atoms with Crippen molar-refractivity contribution in [1.29, 1.82) is 0 Å². The minimum atomic E-state index is 0.782. The van der Waals surface area contributed by atoms with Crippen molar-refractivity contribution in [2.75, 3.05) is 5.73 Å². The monoisotopic (exact) mass is 224 g/mol. The van der Waals surface area contributed by atoms with E-state index in [4.69, 9.17) is 5.73 Å². The van der Waals surface area contributed by atoms with Crippen molar-refractivity contribution in [1.82, 2.24) is 14.6 Å². The molecule has 0 amide bonds. The van der Waals surface area contributed by atoms with Gasteiger partial charge in [-0.25, -0.2) is 9.50 Å². The zero-order valence-electron chi connectivity index (χ0n) is 9.24. The van der Waals surface area contributed by atoms with E-state index in [2.05, 4.69) is 10.1 Å². The molecule has 0 bridgehead atoms. The molecule has 84 valence electrons. The molecule has 4 heteroatoms. The van der Waals surface area contributed by atoms with Crippen LogP contribution in [0.2, 0.25) is 0 Å². The molecule has 0 spiro atoms. The Kier molecular flexibility index (Phi) is 2.26. The van der Waals surface area contributed by atoms with E-state index in [0.29, 0.717) is 0 Å². The van der Waals surface area contributed by atoms with Gasteiger partial charge < -0.3 is 5.73 Å². The van der Waals surface area contributed by atoms with E-state index in [9.17, 15) is 0 Å². The second-order valence-corrected chi connectivity index (χ2v) is 3.96. The number of hydrogen-bond acceptors (Lipinski definition) is 3. The Labute approximate surface area is 98.7 Å². The van der Waals surface area contributed by atoms with Crippen molar-refractivity contribution >= 4 is 11.2 Å². The highest BCUT2D eigenvalue weighted by molar-refractivity contribution is 5.52. The van der Waals surface area contributed by atoms with E-state index in [1.807, 2.05) is 47.1 Å². The lowest BCUT2D eigenvalue weighted by Gasteiger charge is -2.03. The molecule has 4 nitrogen and oxygen atoms in total. The first-order valence-electron chi connectivity index (χ1n) is 5.44. The Balaban J connectivity index is 1.99. The molecule has 0 aliphatic heterocycles. The molecule has 0 aliphatic rings. The Morgan fingerprint density at radius 1 is 1.12 bits per heavy atom. The van der Waals surface area contributed by atoms with E-state index in [1.54, 1.807) is 6.33 Å². The molecule has 0 fully saturated rings. The van der Waals surface area contributed by atoms with Crippen LogP contribution in [0.1, 0.15) is 11.3 Å². The van der Waals surface area contributed by atoms with Crippen molar-refractivity contribution in [2.45, 2.75) is 6.42 Å². The van der Waals surface area contributed by atoms with Crippen LogP contribution in [0.4, 0.5) is 5.69 Å². The average molecular weight is 224 g/mol. The maximum Gasteiger partial charge on any atom is 0.136 e. The lowest BCUT2D eigenvalue weighted by Crippen LogP contribution is -1.99. The first-order chi connectivity index (χ1) is 8.33. The number of nitrogens with zero attached hydrogens (tertiary/aromatic N) is 3. The lowest BCUT2D eigenvalue weighted by molar-refractivity contribution is 0.873. The Bertz CT molecular complexity index is 640. The normalized spacial score (nSPS) is 10.8. The van der Waals surface area contributed by atoms with Gasteiger partial charge in [0.1, 0.15) is 6.33 Å². The molecule has 0 unspecified atom stereocenters. The molecule has 2 heterocycles. The van der Waals surface area contributed by atoms with Crippen LogP contribution in [0.3, 0.4) is 0 Å². The minimum absolute atomic E-state index is 0.782. The molecule has 3 aromatic rings. The lowest BCUT2D eigenvalue weighted by atomic mass is 10.1.